The summed E-state index contributed by atoms with van der Waals surface area (Å²) in [5.74, 6) is 0. The second-order valence-electron chi connectivity index (χ2n) is 4.67. The van der Waals surface area contributed by atoms with Gasteiger partial charge in [0.1, 0.15) is 0 Å². The number of hydrogen-bond donors (Lipinski definition) is 2. The Morgan fingerprint density at radius 1 is 1.16 bits per heavy atom. The topological polar surface area (TPSA) is 27.8 Å². The smallest absolute Gasteiger partial charge is 0.0472 e. The van der Waals surface area contributed by atoms with Crippen molar-refractivity contribution in [3.05, 3.63) is 64.8 Å². The molecule has 2 N–H and O–H groups in total. The van der Waals surface area contributed by atoms with Gasteiger partial charge in [-0.1, -0.05) is 35.9 Å². The van der Waals surface area contributed by atoms with E-state index in [0.29, 0.717) is 0 Å². The van der Waals surface area contributed by atoms with Gasteiger partial charge in [0.15, 0.2) is 0 Å². The highest BCUT2D eigenvalue weighted by Gasteiger charge is 2.04. The van der Waals surface area contributed by atoms with Gasteiger partial charge >= 0.3 is 0 Å². The van der Waals surface area contributed by atoms with E-state index in [1.165, 1.54) is 22.2 Å². The first kappa shape index (κ1) is 12.1. The Morgan fingerprint density at radius 2 is 2.00 bits per heavy atom. The van der Waals surface area contributed by atoms with E-state index in [2.05, 4.69) is 35.4 Å². The molecule has 0 atom stereocenters. The molecule has 96 valence electrons. The number of halogens is 1. The molecule has 0 bridgehead atoms. The molecule has 0 saturated carbocycles. The van der Waals surface area contributed by atoms with Crippen LogP contribution in [0.3, 0.4) is 0 Å². The van der Waals surface area contributed by atoms with Crippen LogP contribution in [0.4, 0.5) is 5.69 Å². The van der Waals surface area contributed by atoms with Gasteiger partial charge in [-0.25, -0.2) is 0 Å². The van der Waals surface area contributed by atoms with E-state index in [4.69, 9.17) is 11.6 Å². The Morgan fingerprint density at radius 3 is 2.84 bits per heavy atom. The summed E-state index contributed by atoms with van der Waals surface area (Å²) in [7, 11) is 0. The Labute approximate surface area is 117 Å². The van der Waals surface area contributed by atoms with E-state index in [9.17, 15) is 0 Å². The van der Waals surface area contributed by atoms with Crippen LogP contribution >= 0.6 is 11.6 Å². The van der Waals surface area contributed by atoms with Crippen molar-refractivity contribution in [2.45, 2.75) is 13.5 Å². The number of nitrogens with one attached hydrogen (secondary N) is 2. The lowest BCUT2D eigenvalue weighted by Gasteiger charge is -2.08. The van der Waals surface area contributed by atoms with Gasteiger partial charge in [-0.2, -0.15) is 0 Å². The molecular formula is C16H15ClN2. The summed E-state index contributed by atoms with van der Waals surface area (Å²) < 4.78 is 0. The van der Waals surface area contributed by atoms with Crippen molar-refractivity contribution in [1.82, 2.24) is 4.98 Å². The zero-order valence-electron chi connectivity index (χ0n) is 10.7. The number of fused-ring (bicyclic) bond motifs is 1. The van der Waals surface area contributed by atoms with E-state index in [1.54, 1.807) is 0 Å². The molecule has 1 heterocycles. The van der Waals surface area contributed by atoms with Gasteiger partial charge in [0.05, 0.1) is 0 Å². The van der Waals surface area contributed by atoms with Gasteiger partial charge in [-0.05, 0) is 36.2 Å². The summed E-state index contributed by atoms with van der Waals surface area (Å²) >= 11 is 5.99. The summed E-state index contributed by atoms with van der Waals surface area (Å²) in [6, 6.07) is 14.2. The van der Waals surface area contributed by atoms with Crippen molar-refractivity contribution >= 4 is 28.2 Å². The molecule has 0 unspecified atom stereocenters. The Balaban J connectivity index is 1.84. The van der Waals surface area contributed by atoms with Gasteiger partial charge in [-0.15, -0.1) is 0 Å². The number of anilines is 1. The minimum atomic E-state index is 0.757. The highest BCUT2D eigenvalue weighted by molar-refractivity contribution is 6.31. The van der Waals surface area contributed by atoms with Crippen LogP contribution in [-0.4, -0.2) is 4.98 Å². The fourth-order valence-electron chi connectivity index (χ4n) is 2.27. The van der Waals surface area contributed by atoms with E-state index < -0.39 is 0 Å². The number of aryl methyl sites for hydroxylation is 1. The molecule has 1 aromatic heterocycles. The van der Waals surface area contributed by atoms with Gasteiger partial charge < -0.3 is 10.3 Å². The predicted molar refractivity (Wildman–Crippen MR) is 81.8 cm³/mol. The molecule has 0 amide bonds. The summed E-state index contributed by atoms with van der Waals surface area (Å²) in [6.45, 7) is 2.91. The van der Waals surface area contributed by atoms with Crippen LogP contribution in [-0.2, 0) is 6.54 Å². The fourth-order valence-corrected chi connectivity index (χ4v) is 2.44. The Bertz CT molecular complexity index is 716. The van der Waals surface area contributed by atoms with Crippen molar-refractivity contribution in [2.75, 3.05) is 5.32 Å². The normalized spacial score (nSPS) is 10.8. The van der Waals surface area contributed by atoms with Crippen LogP contribution in [0.25, 0.3) is 10.9 Å². The van der Waals surface area contributed by atoms with Gasteiger partial charge in [0, 0.05) is 34.4 Å². The average Bonchev–Trinajstić information content (AvgIpc) is 2.80. The number of H-pyrrole nitrogens is 1. The van der Waals surface area contributed by atoms with Crippen LogP contribution < -0.4 is 5.32 Å². The number of rotatable bonds is 3. The molecule has 3 heteroatoms. The quantitative estimate of drug-likeness (QED) is 0.707. The molecule has 0 saturated heterocycles. The van der Waals surface area contributed by atoms with Crippen LogP contribution in [0.15, 0.2) is 48.7 Å². The first-order valence-electron chi connectivity index (χ1n) is 6.29. The zero-order chi connectivity index (χ0) is 13.2. The predicted octanol–water partition coefficient (Wildman–Crippen LogP) is 4.74. The standard InChI is InChI=1S/C16H15ClN2/c1-11-4-2-3-5-15(11)18-9-12-10-19-16-8-13(17)6-7-14(12)16/h2-8,10,18-19H,9H2,1H3. The molecule has 0 spiro atoms. The minimum Gasteiger partial charge on any atom is -0.381 e. The number of hydrogen-bond acceptors (Lipinski definition) is 1. The minimum absolute atomic E-state index is 0.757. The molecule has 2 nitrogen and oxygen atoms in total. The van der Waals surface area contributed by atoms with Crippen molar-refractivity contribution in [1.29, 1.82) is 0 Å². The maximum absolute atomic E-state index is 5.99. The summed E-state index contributed by atoms with van der Waals surface area (Å²) in [5.41, 5.74) is 4.75. The molecule has 0 aliphatic rings. The molecule has 3 rings (SSSR count). The second kappa shape index (κ2) is 4.98. The monoisotopic (exact) mass is 270 g/mol. The first-order chi connectivity index (χ1) is 9.24. The van der Waals surface area contributed by atoms with Gasteiger partial charge in [0.2, 0.25) is 0 Å². The largest absolute Gasteiger partial charge is 0.381 e. The molecule has 0 radical (unpaired) electrons. The molecule has 3 aromatic rings. The Kier molecular flexibility index (Phi) is 3.18. The number of para-hydroxylation sites is 1. The second-order valence-corrected chi connectivity index (χ2v) is 5.11. The molecule has 0 fully saturated rings. The number of aromatic amines is 1. The molecule has 0 aliphatic heterocycles. The third-order valence-electron chi connectivity index (χ3n) is 3.34. The molecule has 19 heavy (non-hydrogen) atoms. The van der Waals surface area contributed by atoms with Crippen molar-refractivity contribution in [2.24, 2.45) is 0 Å². The Hall–Kier alpha value is -1.93. The van der Waals surface area contributed by atoms with Crippen LogP contribution in [0, 0.1) is 6.92 Å². The summed E-state index contributed by atoms with van der Waals surface area (Å²) in [4.78, 5) is 3.26. The number of aromatic nitrogens is 1. The third-order valence-corrected chi connectivity index (χ3v) is 3.58. The lowest BCUT2D eigenvalue weighted by Crippen LogP contribution is -2.00. The van der Waals surface area contributed by atoms with E-state index in [-0.39, 0.29) is 0 Å². The SMILES string of the molecule is Cc1ccccc1NCc1c[nH]c2cc(Cl)ccc12. The molecule has 0 aliphatic carbocycles. The third kappa shape index (κ3) is 2.45. The summed E-state index contributed by atoms with van der Waals surface area (Å²) in [5, 5.41) is 5.44. The average molecular weight is 271 g/mol. The molecule has 2 aromatic carbocycles. The van der Waals surface area contributed by atoms with E-state index >= 15 is 0 Å². The summed E-state index contributed by atoms with van der Waals surface area (Å²) in [6.07, 6.45) is 2.03. The fraction of sp³-hybridized carbons (Fsp3) is 0.125. The highest BCUT2D eigenvalue weighted by atomic mass is 35.5. The maximum Gasteiger partial charge on any atom is 0.0472 e. The molecular weight excluding hydrogens is 256 g/mol. The van der Waals surface area contributed by atoms with E-state index in [0.717, 1.165) is 17.1 Å². The first-order valence-corrected chi connectivity index (χ1v) is 6.67. The lowest BCUT2D eigenvalue weighted by atomic mass is 10.1. The van der Waals surface area contributed by atoms with Crippen LogP contribution in [0.1, 0.15) is 11.1 Å². The van der Waals surface area contributed by atoms with Gasteiger partial charge in [0.25, 0.3) is 0 Å². The van der Waals surface area contributed by atoms with Gasteiger partial charge in [-0.3, -0.25) is 0 Å². The van der Waals surface area contributed by atoms with Crippen molar-refractivity contribution in [3.8, 4) is 0 Å². The number of benzene rings is 2. The maximum atomic E-state index is 5.99. The van der Waals surface area contributed by atoms with Crippen LogP contribution in [0.2, 0.25) is 5.02 Å². The van der Waals surface area contributed by atoms with Crippen LogP contribution in [0.5, 0.6) is 0 Å². The zero-order valence-corrected chi connectivity index (χ0v) is 11.5. The lowest BCUT2D eigenvalue weighted by molar-refractivity contribution is 1.15. The van der Waals surface area contributed by atoms with Crippen molar-refractivity contribution < 1.29 is 0 Å². The van der Waals surface area contributed by atoms with E-state index in [1.807, 2.05) is 30.5 Å². The van der Waals surface area contributed by atoms with Crippen molar-refractivity contribution in [3.63, 3.8) is 0 Å². The highest BCUT2D eigenvalue weighted by Crippen LogP contribution is 2.23.